The lowest BCUT2D eigenvalue weighted by atomic mass is 10.0. The standard InChI is InChI=1S/C19H23N5O2/c1-13-6-5-9-23(11-13)18-20-14(10-17(25)21-18)12-24-16-8-4-3-7-15(16)22(2)19(24)26/h3-4,7-8,10,13H,5-6,9,11-12H2,1-2H3,(H,20,21,25). The van der Waals surface area contributed by atoms with Gasteiger partial charge in [-0.1, -0.05) is 19.1 Å². The molecule has 7 nitrogen and oxygen atoms in total. The molecular weight excluding hydrogens is 330 g/mol. The number of piperidine rings is 1. The molecule has 1 unspecified atom stereocenters. The Bertz CT molecular complexity index is 1060. The Balaban J connectivity index is 1.73. The molecular formula is C19H23N5O2. The van der Waals surface area contributed by atoms with Crippen molar-refractivity contribution in [3.05, 3.63) is 56.9 Å². The molecule has 26 heavy (non-hydrogen) atoms. The second kappa shape index (κ2) is 6.48. The zero-order chi connectivity index (χ0) is 18.3. The third kappa shape index (κ3) is 2.94. The molecule has 1 fully saturated rings. The monoisotopic (exact) mass is 353 g/mol. The Morgan fingerprint density at radius 3 is 2.77 bits per heavy atom. The largest absolute Gasteiger partial charge is 0.342 e. The van der Waals surface area contributed by atoms with E-state index in [9.17, 15) is 9.59 Å². The fourth-order valence-corrected chi connectivity index (χ4v) is 3.78. The Labute approximate surface area is 150 Å². The molecule has 7 heteroatoms. The average Bonchev–Trinajstić information content (AvgIpc) is 2.87. The Hall–Kier alpha value is -2.83. The molecule has 0 bridgehead atoms. The van der Waals surface area contributed by atoms with Crippen LogP contribution < -0.4 is 16.1 Å². The van der Waals surface area contributed by atoms with E-state index in [1.54, 1.807) is 16.2 Å². The van der Waals surface area contributed by atoms with Crippen molar-refractivity contribution in [3.63, 3.8) is 0 Å². The van der Waals surface area contributed by atoms with Gasteiger partial charge in [-0.3, -0.25) is 18.9 Å². The first-order valence-electron chi connectivity index (χ1n) is 9.02. The molecule has 1 aromatic carbocycles. The molecule has 3 aromatic rings. The summed E-state index contributed by atoms with van der Waals surface area (Å²) < 4.78 is 3.29. The highest BCUT2D eigenvalue weighted by molar-refractivity contribution is 5.75. The van der Waals surface area contributed by atoms with Crippen LogP contribution in [0, 0.1) is 5.92 Å². The maximum absolute atomic E-state index is 12.6. The van der Waals surface area contributed by atoms with Crippen LogP contribution in [0.25, 0.3) is 11.0 Å². The van der Waals surface area contributed by atoms with Gasteiger partial charge in [0.15, 0.2) is 0 Å². The van der Waals surface area contributed by atoms with E-state index in [1.165, 1.54) is 12.5 Å². The van der Waals surface area contributed by atoms with E-state index in [0.717, 1.165) is 30.5 Å². The molecule has 1 aliphatic rings. The van der Waals surface area contributed by atoms with Gasteiger partial charge in [0, 0.05) is 26.2 Å². The number of benzene rings is 1. The number of aromatic nitrogens is 4. The van der Waals surface area contributed by atoms with Gasteiger partial charge in [0.05, 0.1) is 23.3 Å². The van der Waals surface area contributed by atoms with E-state index < -0.39 is 0 Å². The van der Waals surface area contributed by atoms with Crippen molar-refractivity contribution in [2.24, 2.45) is 13.0 Å². The number of nitrogens with zero attached hydrogens (tertiary/aromatic N) is 4. The fourth-order valence-electron chi connectivity index (χ4n) is 3.78. The van der Waals surface area contributed by atoms with Crippen molar-refractivity contribution in [2.45, 2.75) is 26.3 Å². The maximum Gasteiger partial charge on any atom is 0.329 e. The van der Waals surface area contributed by atoms with Crippen molar-refractivity contribution in [1.29, 1.82) is 0 Å². The summed E-state index contributed by atoms with van der Waals surface area (Å²) in [5.74, 6) is 1.19. The maximum atomic E-state index is 12.6. The summed E-state index contributed by atoms with van der Waals surface area (Å²) in [7, 11) is 1.76. The number of para-hydroxylation sites is 2. The Kier molecular flexibility index (Phi) is 4.14. The number of hydrogen-bond acceptors (Lipinski definition) is 4. The molecule has 0 aliphatic carbocycles. The van der Waals surface area contributed by atoms with Crippen molar-refractivity contribution in [2.75, 3.05) is 18.0 Å². The minimum atomic E-state index is -0.184. The number of hydrogen-bond donors (Lipinski definition) is 1. The smallest absolute Gasteiger partial charge is 0.329 e. The third-order valence-corrected chi connectivity index (χ3v) is 5.11. The average molecular weight is 353 g/mol. The first-order chi connectivity index (χ1) is 12.5. The van der Waals surface area contributed by atoms with Crippen LogP contribution >= 0.6 is 0 Å². The molecule has 4 rings (SSSR count). The summed E-state index contributed by atoms with van der Waals surface area (Å²) in [5.41, 5.74) is 2.01. The molecule has 0 saturated carbocycles. The van der Waals surface area contributed by atoms with Crippen LogP contribution in [0.4, 0.5) is 5.95 Å². The van der Waals surface area contributed by atoms with Gasteiger partial charge >= 0.3 is 5.69 Å². The molecule has 136 valence electrons. The van der Waals surface area contributed by atoms with Gasteiger partial charge in [-0.15, -0.1) is 0 Å². The third-order valence-electron chi connectivity index (χ3n) is 5.11. The molecule has 0 amide bonds. The quantitative estimate of drug-likeness (QED) is 0.778. The van der Waals surface area contributed by atoms with Crippen LogP contribution in [0.1, 0.15) is 25.5 Å². The highest BCUT2D eigenvalue weighted by Crippen LogP contribution is 2.19. The van der Waals surface area contributed by atoms with Crippen LogP contribution in [0.3, 0.4) is 0 Å². The minimum Gasteiger partial charge on any atom is -0.342 e. The Morgan fingerprint density at radius 1 is 1.23 bits per heavy atom. The summed E-state index contributed by atoms with van der Waals surface area (Å²) in [6.45, 7) is 4.27. The number of nitrogens with one attached hydrogen (secondary N) is 1. The summed E-state index contributed by atoms with van der Waals surface area (Å²) in [4.78, 5) is 34.4. The molecule has 3 heterocycles. The van der Waals surface area contributed by atoms with Gasteiger partial charge < -0.3 is 4.90 Å². The van der Waals surface area contributed by atoms with Gasteiger partial charge in [-0.05, 0) is 30.9 Å². The predicted octanol–water partition coefficient (Wildman–Crippen LogP) is 1.71. The SMILES string of the molecule is CC1CCCN(c2nc(Cn3c(=O)n(C)c4ccccc43)cc(=O)[nH]2)C1. The van der Waals surface area contributed by atoms with Gasteiger partial charge in [-0.25, -0.2) is 9.78 Å². The number of imidazole rings is 1. The van der Waals surface area contributed by atoms with Gasteiger partial charge in [-0.2, -0.15) is 0 Å². The van der Waals surface area contributed by atoms with Gasteiger partial charge in [0.2, 0.25) is 5.95 Å². The van der Waals surface area contributed by atoms with Gasteiger partial charge in [0.25, 0.3) is 5.56 Å². The van der Waals surface area contributed by atoms with Crippen LogP contribution in [0.2, 0.25) is 0 Å². The second-order valence-electron chi connectivity index (χ2n) is 7.17. The first-order valence-corrected chi connectivity index (χ1v) is 9.02. The van der Waals surface area contributed by atoms with Crippen molar-refractivity contribution < 1.29 is 0 Å². The number of anilines is 1. The zero-order valence-electron chi connectivity index (χ0n) is 15.1. The molecule has 2 aromatic heterocycles. The van der Waals surface area contributed by atoms with Crippen LogP contribution in [0.5, 0.6) is 0 Å². The predicted molar refractivity (Wildman–Crippen MR) is 102 cm³/mol. The van der Waals surface area contributed by atoms with E-state index in [1.807, 2.05) is 24.3 Å². The Morgan fingerprint density at radius 2 is 2.00 bits per heavy atom. The molecule has 1 saturated heterocycles. The van der Waals surface area contributed by atoms with E-state index in [0.29, 0.717) is 17.6 Å². The highest BCUT2D eigenvalue weighted by Gasteiger charge is 2.19. The van der Waals surface area contributed by atoms with E-state index in [2.05, 4.69) is 21.8 Å². The molecule has 1 aliphatic heterocycles. The van der Waals surface area contributed by atoms with Crippen molar-refractivity contribution in [3.8, 4) is 0 Å². The van der Waals surface area contributed by atoms with Gasteiger partial charge in [0.1, 0.15) is 0 Å². The first kappa shape index (κ1) is 16.6. The topological polar surface area (TPSA) is 75.9 Å². The van der Waals surface area contributed by atoms with Crippen LogP contribution in [-0.4, -0.2) is 32.2 Å². The minimum absolute atomic E-state index is 0.110. The molecule has 1 N–H and O–H groups in total. The summed E-state index contributed by atoms with van der Waals surface area (Å²) in [6, 6.07) is 9.12. The van der Waals surface area contributed by atoms with Crippen LogP contribution in [-0.2, 0) is 13.6 Å². The normalized spacial score (nSPS) is 17.8. The zero-order valence-corrected chi connectivity index (χ0v) is 15.1. The lowest BCUT2D eigenvalue weighted by Gasteiger charge is -2.31. The summed E-state index contributed by atoms with van der Waals surface area (Å²) in [5, 5.41) is 0. The second-order valence-corrected chi connectivity index (χ2v) is 7.17. The van der Waals surface area contributed by atoms with Crippen molar-refractivity contribution in [1.82, 2.24) is 19.1 Å². The molecule has 0 radical (unpaired) electrons. The lowest BCUT2D eigenvalue weighted by molar-refractivity contribution is 0.441. The summed E-state index contributed by atoms with van der Waals surface area (Å²) in [6.07, 6.45) is 2.30. The number of fused-ring (bicyclic) bond motifs is 1. The summed E-state index contributed by atoms with van der Waals surface area (Å²) >= 11 is 0. The molecule has 1 atom stereocenters. The highest BCUT2D eigenvalue weighted by atomic mass is 16.1. The van der Waals surface area contributed by atoms with Crippen molar-refractivity contribution >= 4 is 17.0 Å². The molecule has 0 spiro atoms. The van der Waals surface area contributed by atoms with E-state index in [-0.39, 0.29) is 17.8 Å². The number of rotatable bonds is 3. The number of aromatic amines is 1. The lowest BCUT2D eigenvalue weighted by Crippen LogP contribution is -2.36. The number of H-pyrrole nitrogens is 1. The van der Waals surface area contributed by atoms with E-state index in [4.69, 9.17) is 0 Å². The fraction of sp³-hybridized carbons (Fsp3) is 0.421. The van der Waals surface area contributed by atoms with Crippen LogP contribution in [0.15, 0.2) is 39.9 Å². The van der Waals surface area contributed by atoms with E-state index >= 15 is 0 Å². The number of aryl methyl sites for hydroxylation is 1.